The number of hydrogen-bond acceptors (Lipinski definition) is 4. The molecule has 0 aliphatic heterocycles. The first-order valence-corrected chi connectivity index (χ1v) is 6.35. The Kier molecular flexibility index (Phi) is 4.52. The molecule has 1 atom stereocenters. The van der Waals surface area contributed by atoms with Crippen molar-refractivity contribution < 1.29 is 22.8 Å². The number of halogens is 2. The number of aromatic nitrogens is 1. The first-order chi connectivity index (χ1) is 9.99. The van der Waals surface area contributed by atoms with Gasteiger partial charge in [0.2, 0.25) is 0 Å². The SMILES string of the molecule is CC[C@H](Oc1ccc(F)c(F)c1)C(=O)Nc1cc(C)on1. The van der Waals surface area contributed by atoms with E-state index in [1.54, 1.807) is 19.9 Å². The van der Waals surface area contributed by atoms with E-state index in [0.717, 1.165) is 12.1 Å². The van der Waals surface area contributed by atoms with Crippen LogP contribution in [-0.4, -0.2) is 17.2 Å². The molecule has 0 bridgehead atoms. The number of anilines is 1. The van der Waals surface area contributed by atoms with Gasteiger partial charge in [0.05, 0.1) is 0 Å². The minimum Gasteiger partial charge on any atom is -0.480 e. The fraction of sp³-hybridized carbons (Fsp3) is 0.286. The highest BCUT2D eigenvalue weighted by Crippen LogP contribution is 2.18. The summed E-state index contributed by atoms with van der Waals surface area (Å²) in [4.78, 5) is 12.0. The Labute approximate surface area is 119 Å². The van der Waals surface area contributed by atoms with Crippen molar-refractivity contribution in [2.45, 2.75) is 26.4 Å². The fourth-order valence-electron chi connectivity index (χ4n) is 1.67. The molecule has 1 N–H and O–H groups in total. The van der Waals surface area contributed by atoms with E-state index in [9.17, 15) is 13.6 Å². The van der Waals surface area contributed by atoms with Crippen molar-refractivity contribution in [2.24, 2.45) is 0 Å². The van der Waals surface area contributed by atoms with Crippen molar-refractivity contribution >= 4 is 11.7 Å². The number of rotatable bonds is 5. The van der Waals surface area contributed by atoms with Crippen LogP contribution in [-0.2, 0) is 4.79 Å². The van der Waals surface area contributed by atoms with E-state index in [2.05, 4.69) is 10.5 Å². The van der Waals surface area contributed by atoms with Crippen LogP contribution in [0.2, 0.25) is 0 Å². The fourth-order valence-corrected chi connectivity index (χ4v) is 1.67. The van der Waals surface area contributed by atoms with Crippen LogP contribution in [0.3, 0.4) is 0 Å². The molecule has 1 aromatic carbocycles. The van der Waals surface area contributed by atoms with Crippen LogP contribution in [0.4, 0.5) is 14.6 Å². The van der Waals surface area contributed by atoms with Crippen LogP contribution in [0, 0.1) is 18.6 Å². The van der Waals surface area contributed by atoms with E-state index in [1.807, 2.05) is 0 Å². The van der Waals surface area contributed by atoms with Gasteiger partial charge in [-0.2, -0.15) is 0 Å². The number of hydrogen-bond donors (Lipinski definition) is 1. The maximum Gasteiger partial charge on any atom is 0.266 e. The zero-order chi connectivity index (χ0) is 15.4. The van der Waals surface area contributed by atoms with Gasteiger partial charge < -0.3 is 14.6 Å². The number of amides is 1. The minimum absolute atomic E-state index is 0.0761. The molecule has 1 amide bonds. The lowest BCUT2D eigenvalue weighted by Crippen LogP contribution is -2.32. The Morgan fingerprint density at radius 1 is 1.38 bits per heavy atom. The summed E-state index contributed by atoms with van der Waals surface area (Å²) in [5.74, 6) is -1.56. The molecule has 1 heterocycles. The number of carbonyl (C=O) groups excluding carboxylic acids is 1. The summed E-state index contributed by atoms with van der Waals surface area (Å²) in [6, 6.07) is 4.65. The molecule has 0 saturated heterocycles. The third kappa shape index (κ3) is 3.77. The van der Waals surface area contributed by atoms with E-state index in [-0.39, 0.29) is 11.6 Å². The van der Waals surface area contributed by atoms with E-state index >= 15 is 0 Å². The average Bonchev–Trinajstić information content (AvgIpc) is 2.85. The molecular weight excluding hydrogens is 282 g/mol. The van der Waals surface area contributed by atoms with E-state index in [0.29, 0.717) is 12.2 Å². The van der Waals surface area contributed by atoms with Gasteiger partial charge in [-0.15, -0.1) is 0 Å². The molecule has 112 valence electrons. The Morgan fingerprint density at radius 3 is 2.71 bits per heavy atom. The molecule has 1 aromatic heterocycles. The van der Waals surface area contributed by atoms with Gasteiger partial charge in [0, 0.05) is 12.1 Å². The lowest BCUT2D eigenvalue weighted by molar-refractivity contribution is -0.122. The monoisotopic (exact) mass is 296 g/mol. The van der Waals surface area contributed by atoms with Gasteiger partial charge in [-0.3, -0.25) is 4.79 Å². The Hall–Kier alpha value is -2.44. The van der Waals surface area contributed by atoms with Gasteiger partial charge in [-0.25, -0.2) is 8.78 Å². The summed E-state index contributed by atoms with van der Waals surface area (Å²) in [5.41, 5.74) is 0. The van der Waals surface area contributed by atoms with Crippen molar-refractivity contribution in [3.05, 3.63) is 41.7 Å². The van der Waals surface area contributed by atoms with Gasteiger partial charge in [0.1, 0.15) is 11.5 Å². The highest BCUT2D eigenvalue weighted by molar-refractivity contribution is 5.93. The number of carbonyl (C=O) groups is 1. The number of nitrogens with one attached hydrogen (secondary N) is 1. The van der Waals surface area contributed by atoms with Crippen molar-refractivity contribution in [3.8, 4) is 5.75 Å². The summed E-state index contributed by atoms with van der Waals surface area (Å²) in [6.45, 7) is 3.43. The number of ether oxygens (including phenoxy) is 1. The van der Waals surface area contributed by atoms with Crippen LogP contribution in [0.1, 0.15) is 19.1 Å². The topological polar surface area (TPSA) is 64.4 Å². The summed E-state index contributed by atoms with van der Waals surface area (Å²) in [6.07, 6.45) is -0.506. The van der Waals surface area contributed by atoms with Gasteiger partial charge in [-0.1, -0.05) is 12.1 Å². The minimum atomic E-state index is -1.03. The largest absolute Gasteiger partial charge is 0.480 e. The molecule has 0 aliphatic rings. The average molecular weight is 296 g/mol. The molecule has 2 rings (SSSR count). The number of aryl methyl sites for hydroxylation is 1. The standard InChI is InChI=1S/C14H14F2N2O3/c1-3-12(14(19)17-13-6-8(2)21-18-13)20-9-4-5-10(15)11(16)7-9/h4-7,12H,3H2,1-2H3,(H,17,18,19)/t12-/m0/s1. The molecule has 0 saturated carbocycles. The maximum absolute atomic E-state index is 13.1. The second-order valence-corrected chi connectivity index (χ2v) is 4.40. The van der Waals surface area contributed by atoms with Gasteiger partial charge in [-0.05, 0) is 25.5 Å². The number of benzene rings is 1. The molecule has 0 fully saturated rings. The summed E-state index contributed by atoms with van der Waals surface area (Å²) in [7, 11) is 0. The Morgan fingerprint density at radius 2 is 2.14 bits per heavy atom. The van der Waals surface area contributed by atoms with Gasteiger partial charge in [0.25, 0.3) is 5.91 Å². The molecule has 2 aromatic rings. The van der Waals surface area contributed by atoms with Crippen LogP contribution in [0.15, 0.2) is 28.8 Å². The molecule has 21 heavy (non-hydrogen) atoms. The van der Waals surface area contributed by atoms with Gasteiger partial charge >= 0.3 is 0 Å². The van der Waals surface area contributed by atoms with Crippen molar-refractivity contribution in [3.63, 3.8) is 0 Å². The molecular formula is C14H14F2N2O3. The molecule has 0 spiro atoms. The van der Waals surface area contributed by atoms with E-state index in [4.69, 9.17) is 9.26 Å². The second-order valence-electron chi connectivity index (χ2n) is 4.40. The summed E-state index contributed by atoms with van der Waals surface area (Å²) >= 11 is 0. The smallest absolute Gasteiger partial charge is 0.266 e. The van der Waals surface area contributed by atoms with Gasteiger partial charge in [0.15, 0.2) is 23.6 Å². The second kappa shape index (κ2) is 6.34. The highest BCUT2D eigenvalue weighted by atomic mass is 19.2. The van der Waals surface area contributed by atoms with Crippen molar-refractivity contribution in [2.75, 3.05) is 5.32 Å². The van der Waals surface area contributed by atoms with Crippen LogP contribution in [0.25, 0.3) is 0 Å². The normalized spacial score (nSPS) is 12.0. The van der Waals surface area contributed by atoms with E-state index in [1.165, 1.54) is 6.07 Å². The molecule has 0 radical (unpaired) electrons. The van der Waals surface area contributed by atoms with Crippen LogP contribution >= 0.6 is 0 Å². The van der Waals surface area contributed by atoms with Crippen molar-refractivity contribution in [1.29, 1.82) is 0 Å². The third-order valence-corrected chi connectivity index (χ3v) is 2.71. The first kappa shape index (κ1) is 15.0. The lowest BCUT2D eigenvalue weighted by Gasteiger charge is -2.16. The summed E-state index contributed by atoms with van der Waals surface area (Å²) in [5, 5.41) is 6.16. The van der Waals surface area contributed by atoms with E-state index < -0.39 is 23.6 Å². The Bertz CT molecular complexity index is 643. The molecule has 7 heteroatoms. The summed E-state index contributed by atoms with van der Waals surface area (Å²) < 4.78 is 36.1. The highest BCUT2D eigenvalue weighted by Gasteiger charge is 2.20. The predicted molar refractivity (Wildman–Crippen MR) is 70.9 cm³/mol. The van der Waals surface area contributed by atoms with Crippen molar-refractivity contribution in [1.82, 2.24) is 5.16 Å². The van der Waals surface area contributed by atoms with Crippen LogP contribution in [0.5, 0.6) is 5.75 Å². The molecule has 5 nitrogen and oxygen atoms in total. The zero-order valence-electron chi connectivity index (χ0n) is 11.5. The molecule has 0 unspecified atom stereocenters. The van der Waals surface area contributed by atoms with Crippen LogP contribution < -0.4 is 10.1 Å². The quantitative estimate of drug-likeness (QED) is 0.921. The molecule has 0 aliphatic carbocycles. The first-order valence-electron chi connectivity index (χ1n) is 6.35. The predicted octanol–water partition coefficient (Wildman–Crippen LogP) is 3.06. The third-order valence-electron chi connectivity index (χ3n) is 2.71. The number of nitrogens with zero attached hydrogens (tertiary/aromatic N) is 1. The lowest BCUT2D eigenvalue weighted by atomic mass is 10.2. The zero-order valence-corrected chi connectivity index (χ0v) is 11.5. The Balaban J connectivity index is 2.04. The maximum atomic E-state index is 13.1.